The van der Waals surface area contributed by atoms with Crippen molar-refractivity contribution in [1.29, 1.82) is 0 Å². The number of benzene rings is 2. The van der Waals surface area contributed by atoms with Crippen molar-refractivity contribution < 1.29 is 14.3 Å². The van der Waals surface area contributed by atoms with Crippen LogP contribution in [0.25, 0.3) is 5.69 Å². The second-order valence-electron chi connectivity index (χ2n) is 6.23. The van der Waals surface area contributed by atoms with Gasteiger partial charge in [0.05, 0.1) is 17.5 Å². The average Bonchev–Trinajstić information content (AvgIpc) is 3.02. The summed E-state index contributed by atoms with van der Waals surface area (Å²) in [5.41, 5.74) is 3.85. The van der Waals surface area contributed by atoms with Crippen molar-refractivity contribution in [1.82, 2.24) is 15.2 Å². The third kappa shape index (κ3) is 3.39. The minimum Gasteiger partial charge on any atom is -0.485 e. The first-order valence-electron chi connectivity index (χ1n) is 8.72. The fourth-order valence-electron chi connectivity index (χ4n) is 2.85. The number of ether oxygens (including phenoxy) is 2. The lowest BCUT2D eigenvalue weighted by molar-refractivity contribution is -0.130. The van der Waals surface area contributed by atoms with Gasteiger partial charge in [-0.1, -0.05) is 30.3 Å². The third-order valence-electron chi connectivity index (χ3n) is 4.30. The number of aromatic amines is 1. The van der Waals surface area contributed by atoms with Crippen LogP contribution in [0.5, 0.6) is 11.5 Å². The monoisotopic (exact) mass is 378 g/mol. The Morgan fingerprint density at radius 2 is 1.89 bits per heavy atom. The van der Waals surface area contributed by atoms with Gasteiger partial charge in [-0.2, -0.15) is 5.10 Å². The zero-order valence-electron chi connectivity index (χ0n) is 15.1. The van der Waals surface area contributed by atoms with Crippen LogP contribution in [0.2, 0.25) is 0 Å². The number of nitrogens with one attached hydrogen (secondary N) is 2. The highest BCUT2D eigenvalue weighted by Gasteiger charge is 2.27. The Balaban J connectivity index is 1.45. The fourth-order valence-corrected chi connectivity index (χ4v) is 2.85. The van der Waals surface area contributed by atoms with Gasteiger partial charge in [0.25, 0.3) is 11.5 Å². The molecule has 0 fully saturated rings. The number of nitrogens with zero attached hydrogens (tertiary/aromatic N) is 2. The molecule has 0 saturated heterocycles. The number of H-pyrrole nitrogens is 1. The summed E-state index contributed by atoms with van der Waals surface area (Å²) in [5, 5.41) is 6.91. The largest absolute Gasteiger partial charge is 0.485 e. The molecule has 1 aliphatic rings. The Bertz CT molecular complexity index is 1090. The molecule has 1 aliphatic heterocycles. The van der Waals surface area contributed by atoms with Crippen LogP contribution in [-0.2, 0) is 4.79 Å². The minimum atomic E-state index is -0.819. The van der Waals surface area contributed by atoms with Crippen molar-refractivity contribution in [3.63, 3.8) is 0 Å². The van der Waals surface area contributed by atoms with E-state index in [4.69, 9.17) is 9.47 Å². The normalized spacial score (nSPS) is 15.5. The molecule has 0 saturated carbocycles. The molecular formula is C20H18N4O4. The third-order valence-corrected chi connectivity index (χ3v) is 4.30. The highest BCUT2D eigenvalue weighted by atomic mass is 16.6. The minimum absolute atomic E-state index is 0.0857. The number of fused-ring (bicyclic) bond motifs is 1. The first-order chi connectivity index (χ1) is 13.6. The smallest absolute Gasteiger partial charge is 0.284 e. The summed E-state index contributed by atoms with van der Waals surface area (Å²) in [4.78, 5) is 24.9. The van der Waals surface area contributed by atoms with E-state index in [0.29, 0.717) is 28.4 Å². The van der Waals surface area contributed by atoms with Crippen molar-refractivity contribution >= 4 is 12.1 Å². The van der Waals surface area contributed by atoms with Crippen LogP contribution in [0.3, 0.4) is 0 Å². The van der Waals surface area contributed by atoms with Crippen molar-refractivity contribution in [2.75, 3.05) is 6.61 Å². The van der Waals surface area contributed by atoms with Gasteiger partial charge in [0.15, 0.2) is 11.5 Å². The molecule has 0 aliphatic carbocycles. The number of carbonyl (C=O) groups is 1. The molecule has 0 radical (unpaired) electrons. The topological polar surface area (TPSA) is 97.7 Å². The number of rotatable bonds is 4. The van der Waals surface area contributed by atoms with E-state index in [1.165, 1.54) is 10.9 Å². The SMILES string of the molecule is Cc1[nH]n(-c2ccccc2)c(=O)c1/C=N/NC(=O)[C@@H]1COc2ccccc2O1. The van der Waals surface area contributed by atoms with E-state index in [9.17, 15) is 9.59 Å². The number of carbonyl (C=O) groups excluding carboxylic acids is 1. The molecule has 8 nitrogen and oxygen atoms in total. The van der Waals surface area contributed by atoms with Crippen LogP contribution in [0, 0.1) is 6.92 Å². The average molecular weight is 378 g/mol. The Hall–Kier alpha value is -3.81. The fraction of sp³-hybridized carbons (Fsp3) is 0.150. The molecule has 2 heterocycles. The molecule has 0 spiro atoms. The lowest BCUT2D eigenvalue weighted by Gasteiger charge is -2.24. The molecule has 4 rings (SSSR count). The zero-order chi connectivity index (χ0) is 19.5. The summed E-state index contributed by atoms with van der Waals surface area (Å²) in [6.07, 6.45) is 0.503. The number of hydrazone groups is 1. The number of hydrogen-bond acceptors (Lipinski definition) is 5. The molecule has 2 aromatic carbocycles. The van der Waals surface area contributed by atoms with Gasteiger partial charge in [-0.3, -0.25) is 14.7 Å². The quantitative estimate of drug-likeness (QED) is 0.534. The second-order valence-corrected chi connectivity index (χ2v) is 6.23. The summed E-state index contributed by atoms with van der Waals surface area (Å²) in [7, 11) is 0. The highest BCUT2D eigenvalue weighted by Crippen LogP contribution is 2.30. The Labute approximate surface area is 160 Å². The molecule has 0 unspecified atom stereocenters. The number of aryl methyl sites for hydroxylation is 1. The standard InChI is InChI=1S/C20H18N4O4/c1-13-15(20(26)24(23-13)14-7-3-2-4-8-14)11-21-22-19(25)18-12-27-16-9-5-6-10-17(16)28-18/h2-11,18,23H,12H2,1H3,(H,22,25)/b21-11+/t18-/m0/s1. The summed E-state index contributed by atoms with van der Waals surface area (Å²) in [6.45, 7) is 1.85. The summed E-state index contributed by atoms with van der Waals surface area (Å²) < 4.78 is 12.6. The highest BCUT2D eigenvalue weighted by molar-refractivity contribution is 5.85. The van der Waals surface area contributed by atoms with Crippen molar-refractivity contribution in [3.05, 3.63) is 76.2 Å². The molecule has 0 bridgehead atoms. The lowest BCUT2D eigenvalue weighted by Crippen LogP contribution is -2.42. The van der Waals surface area contributed by atoms with E-state index in [-0.39, 0.29) is 12.2 Å². The van der Waals surface area contributed by atoms with Crippen molar-refractivity contribution in [3.8, 4) is 17.2 Å². The molecule has 28 heavy (non-hydrogen) atoms. The number of para-hydroxylation sites is 3. The predicted octanol–water partition coefficient (Wildman–Crippen LogP) is 1.76. The molecule has 1 aromatic heterocycles. The van der Waals surface area contributed by atoms with E-state index in [1.54, 1.807) is 25.1 Å². The van der Waals surface area contributed by atoms with Crippen molar-refractivity contribution in [2.45, 2.75) is 13.0 Å². The first-order valence-corrected chi connectivity index (χ1v) is 8.72. The molecule has 1 atom stereocenters. The zero-order valence-corrected chi connectivity index (χ0v) is 15.1. The molecule has 3 aromatic rings. The number of aromatic nitrogens is 2. The van der Waals surface area contributed by atoms with Gasteiger partial charge in [0.1, 0.15) is 6.61 Å². The van der Waals surface area contributed by atoms with E-state index in [0.717, 1.165) is 0 Å². The number of hydrogen-bond donors (Lipinski definition) is 2. The molecule has 2 N–H and O–H groups in total. The van der Waals surface area contributed by atoms with E-state index >= 15 is 0 Å². The van der Waals surface area contributed by atoms with Crippen LogP contribution in [0.4, 0.5) is 0 Å². The molecular weight excluding hydrogens is 360 g/mol. The Morgan fingerprint density at radius 3 is 2.68 bits per heavy atom. The van der Waals surface area contributed by atoms with Gasteiger partial charge < -0.3 is 9.47 Å². The maximum Gasteiger partial charge on any atom is 0.284 e. The van der Waals surface area contributed by atoms with Gasteiger partial charge in [-0.25, -0.2) is 10.1 Å². The Morgan fingerprint density at radius 1 is 1.18 bits per heavy atom. The summed E-state index contributed by atoms with van der Waals surface area (Å²) in [5.74, 6) is 0.645. The predicted molar refractivity (Wildman–Crippen MR) is 103 cm³/mol. The lowest BCUT2D eigenvalue weighted by atomic mass is 10.2. The van der Waals surface area contributed by atoms with Crippen LogP contribution >= 0.6 is 0 Å². The van der Waals surface area contributed by atoms with Crippen molar-refractivity contribution in [2.24, 2.45) is 5.10 Å². The van der Waals surface area contributed by atoms with Gasteiger partial charge in [0.2, 0.25) is 6.10 Å². The Kier molecular flexibility index (Phi) is 4.67. The molecule has 8 heteroatoms. The summed E-state index contributed by atoms with van der Waals surface area (Å²) >= 11 is 0. The molecule has 1 amide bonds. The van der Waals surface area contributed by atoms with Crippen LogP contribution in [0.15, 0.2) is 64.5 Å². The van der Waals surface area contributed by atoms with Crippen LogP contribution < -0.4 is 20.5 Å². The maximum atomic E-state index is 12.6. The second kappa shape index (κ2) is 7.43. The van der Waals surface area contributed by atoms with Gasteiger partial charge >= 0.3 is 0 Å². The van der Waals surface area contributed by atoms with E-state index in [2.05, 4.69) is 15.6 Å². The van der Waals surface area contributed by atoms with Crippen LogP contribution in [-0.4, -0.2) is 34.6 Å². The maximum absolute atomic E-state index is 12.6. The van der Waals surface area contributed by atoms with Gasteiger partial charge in [-0.15, -0.1) is 0 Å². The van der Waals surface area contributed by atoms with E-state index in [1.807, 2.05) is 36.4 Å². The number of amides is 1. The summed E-state index contributed by atoms with van der Waals surface area (Å²) in [6, 6.07) is 16.3. The molecule has 142 valence electrons. The van der Waals surface area contributed by atoms with Gasteiger partial charge in [-0.05, 0) is 31.2 Å². The van der Waals surface area contributed by atoms with Gasteiger partial charge in [0, 0.05) is 5.69 Å². The van der Waals surface area contributed by atoms with E-state index < -0.39 is 12.0 Å². The first kappa shape index (κ1) is 17.6. The van der Waals surface area contributed by atoms with Crippen LogP contribution in [0.1, 0.15) is 11.3 Å².